The van der Waals surface area contributed by atoms with E-state index in [4.69, 9.17) is 6.42 Å². The SMILES string of the molecule is C#Cc1ccc(CSSCCI)cc1. The highest BCUT2D eigenvalue weighted by Gasteiger charge is 1.94. The first kappa shape index (κ1) is 12.3. The molecule has 0 fully saturated rings. The molecular weight excluding hydrogens is 323 g/mol. The molecule has 1 aromatic rings. The number of alkyl halides is 1. The molecule has 0 amide bonds. The summed E-state index contributed by atoms with van der Waals surface area (Å²) in [7, 11) is 3.83. The molecule has 0 saturated heterocycles. The Balaban J connectivity index is 2.33. The van der Waals surface area contributed by atoms with Crippen molar-refractivity contribution < 1.29 is 0 Å². The molecule has 0 aliphatic heterocycles. The fourth-order valence-electron chi connectivity index (χ4n) is 0.897. The average Bonchev–Trinajstić information content (AvgIpc) is 2.25. The third kappa shape index (κ3) is 4.63. The van der Waals surface area contributed by atoms with E-state index in [-0.39, 0.29) is 0 Å². The third-order valence-electron chi connectivity index (χ3n) is 1.59. The van der Waals surface area contributed by atoms with Crippen LogP contribution in [0.1, 0.15) is 11.1 Å². The molecule has 1 rings (SSSR count). The van der Waals surface area contributed by atoms with Crippen LogP contribution in [0.5, 0.6) is 0 Å². The summed E-state index contributed by atoms with van der Waals surface area (Å²) in [6.07, 6.45) is 5.28. The largest absolute Gasteiger partial charge is 0.115 e. The van der Waals surface area contributed by atoms with E-state index in [0.717, 1.165) is 11.3 Å². The van der Waals surface area contributed by atoms with E-state index in [9.17, 15) is 0 Å². The molecule has 1 aromatic carbocycles. The van der Waals surface area contributed by atoms with Crippen LogP contribution < -0.4 is 0 Å². The minimum absolute atomic E-state index is 0.957. The van der Waals surface area contributed by atoms with E-state index >= 15 is 0 Å². The number of rotatable bonds is 5. The summed E-state index contributed by atoms with van der Waals surface area (Å²) in [6.45, 7) is 0. The first-order valence-electron chi connectivity index (χ1n) is 4.22. The lowest BCUT2D eigenvalue weighted by molar-refractivity contribution is 1.42. The summed E-state index contributed by atoms with van der Waals surface area (Å²) in [5, 5.41) is 0. The quantitative estimate of drug-likeness (QED) is 0.263. The van der Waals surface area contributed by atoms with Gasteiger partial charge in [-0.05, 0) is 17.7 Å². The Morgan fingerprint density at radius 3 is 2.50 bits per heavy atom. The highest BCUT2D eigenvalue weighted by atomic mass is 127. The van der Waals surface area contributed by atoms with Crippen molar-refractivity contribution in [1.82, 2.24) is 0 Å². The molecule has 0 saturated carbocycles. The third-order valence-corrected chi connectivity index (χ3v) is 5.20. The van der Waals surface area contributed by atoms with Crippen LogP contribution in [0.4, 0.5) is 0 Å². The maximum Gasteiger partial charge on any atom is 0.0288 e. The van der Waals surface area contributed by atoms with Crippen LogP contribution in [-0.2, 0) is 5.75 Å². The van der Waals surface area contributed by atoms with Gasteiger partial charge in [-0.2, -0.15) is 0 Å². The Kier molecular flexibility index (Phi) is 6.57. The van der Waals surface area contributed by atoms with Crippen molar-refractivity contribution in [3.63, 3.8) is 0 Å². The summed E-state index contributed by atoms with van der Waals surface area (Å²) >= 11 is 2.39. The van der Waals surface area contributed by atoms with Crippen LogP contribution in [0.15, 0.2) is 24.3 Å². The number of halogens is 1. The summed E-state index contributed by atoms with van der Waals surface area (Å²) in [5.74, 6) is 4.90. The maximum atomic E-state index is 5.28. The van der Waals surface area contributed by atoms with E-state index < -0.39 is 0 Å². The van der Waals surface area contributed by atoms with E-state index in [1.165, 1.54) is 15.7 Å². The highest BCUT2D eigenvalue weighted by molar-refractivity contribution is 14.1. The van der Waals surface area contributed by atoms with Gasteiger partial charge in [0.05, 0.1) is 0 Å². The molecule has 0 aliphatic rings. The molecule has 0 heterocycles. The zero-order valence-corrected chi connectivity index (χ0v) is 11.5. The number of hydrogen-bond donors (Lipinski definition) is 0. The van der Waals surface area contributed by atoms with Crippen molar-refractivity contribution in [3.05, 3.63) is 35.4 Å². The van der Waals surface area contributed by atoms with Gasteiger partial charge in [-0.3, -0.25) is 0 Å². The lowest BCUT2D eigenvalue weighted by atomic mass is 10.2. The molecule has 3 heteroatoms. The monoisotopic (exact) mass is 334 g/mol. The van der Waals surface area contributed by atoms with Gasteiger partial charge in [0.15, 0.2) is 0 Å². The molecule has 0 radical (unpaired) electrons. The average molecular weight is 334 g/mol. The zero-order chi connectivity index (χ0) is 10.2. The second-order valence-electron chi connectivity index (χ2n) is 2.61. The Hall–Kier alpha value is 0.210. The van der Waals surface area contributed by atoms with Crippen LogP contribution in [-0.4, -0.2) is 10.2 Å². The topological polar surface area (TPSA) is 0 Å². The standard InChI is InChI=1S/C11H11IS2/c1-2-10-3-5-11(6-4-10)9-14-13-8-7-12/h1,3-6H,7-9H2. The zero-order valence-electron chi connectivity index (χ0n) is 7.70. The van der Waals surface area contributed by atoms with Crippen molar-refractivity contribution in [2.75, 3.05) is 10.2 Å². The second-order valence-corrected chi connectivity index (χ2v) is 6.28. The molecule has 0 bridgehead atoms. The van der Waals surface area contributed by atoms with Gasteiger partial charge < -0.3 is 0 Å². The molecule has 0 N–H and O–H groups in total. The minimum atomic E-state index is 0.957. The molecule has 0 aliphatic carbocycles. The molecule has 0 atom stereocenters. The molecule has 0 spiro atoms. The van der Waals surface area contributed by atoms with Gasteiger partial charge in [0.1, 0.15) is 0 Å². The van der Waals surface area contributed by atoms with Gasteiger partial charge in [0.25, 0.3) is 0 Å². The van der Waals surface area contributed by atoms with Crippen LogP contribution in [0, 0.1) is 12.3 Å². The smallest absolute Gasteiger partial charge is 0.0288 e. The summed E-state index contributed by atoms with van der Waals surface area (Å²) in [4.78, 5) is 0. The Morgan fingerprint density at radius 2 is 1.93 bits per heavy atom. The molecule has 0 nitrogen and oxygen atoms in total. The summed E-state index contributed by atoms with van der Waals surface area (Å²) < 4.78 is 1.21. The predicted octanol–water partition coefficient (Wildman–Crippen LogP) is 3.98. The van der Waals surface area contributed by atoms with Gasteiger partial charge in [-0.25, -0.2) is 0 Å². The number of hydrogen-bond acceptors (Lipinski definition) is 2. The second kappa shape index (κ2) is 7.49. The van der Waals surface area contributed by atoms with Gasteiger partial charge in [0.2, 0.25) is 0 Å². The normalized spacial score (nSPS) is 9.71. The molecule has 74 valence electrons. The van der Waals surface area contributed by atoms with Crippen molar-refractivity contribution in [1.29, 1.82) is 0 Å². The van der Waals surface area contributed by atoms with E-state index in [1.54, 1.807) is 0 Å². The lowest BCUT2D eigenvalue weighted by Gasteiger charge is -2.00. The minimum Gasteiger partial charge on any atom is -0.115 e. The summed E-state index contributed by atoms with van der Waals surface area (Å²) in [6, 6.07) is 8.21. The molecule has 0 unspecified atom stereocenters. The first-order valence-corrected chi connectivity index (χ1v) is 8.24. The highest BCUT2D eigenvalue weighted by Crippen LogP contribution is 2.25. The van der Waals surface area contributed by atoms with E-state index in [1.807, 2.05) is 33.7 Å². The lowest BCUT2D eigenvalue weighted by Crippen LogP contribution is -1.80. The first-order chi connectivity index (χ1) is 6.86. The van der Waals surface area contributed by atoms with Crippen LogP contribution in [0.2, 0.25) is 0 Å². The van der Waals surface area contributed by atoms with Crippen LogP contribution >= 0.6 is 44.2 Å². The van der Waals surface area contributed by atoms with Gasteiger partial charge in [0, 0.05) is 21.5 Å². The van der Waals surface area contributed by atoms with E-state index in [0.29, 0.717) is 0 Å². The predicted molar refractivity (Wildman–Crippen MR) is 77.0 cm³/mol. The molecule has 14 heavy (non-hydrogen) atoms. The number of benzene rings is 1. The van der Waals surface area contributed by atoms with Crippen LogP contribution in [0.25, 0.3) is 0 Å². The van der Waals surface area contributed by atoms with E-state index in [2.05, 4.69) is 40.6 Å². The fraction of sp³-hybridized carbons (Fsp3) is 0.273. The van der Waals surface area contributed by atoms with Gasteiger partial charge in [-0.15, -0.1) is 6.42 Å². The van der Waals surface area contributed by atoms with Crippen molar-refractivity contribution >= 4 is 44.2 Å². The Morgan fingerprint density at radius 1 is 1.21 bits per heavy atom. The maximum absolute atomic E-state index is 5.28. The fourth-order valence-corrected chi connectivity index (χ4v) is 4.31. The number of terminal acetylenes is 1. The van der Waals surface area contributed by atoms with Crippen molar-refractivity contribution in [3.8, 4) is 12.3 Å². The Labute approximate surface area is 107 Å². The van der Waals surface area contributed by atoms with Crippen molar-refractivity contribution in [2.45, 2.75) is 5.75 Å². The summed E-state index contributed by atoms with van der Waals surface area (Å²) in [5.41, 5.74) is 2.30. The van der Waals surface area contributed by atoms with Gasteiger partial charge >= 0.3 is 0 Å². The molecule has 0 aromatic heterocycles. The van der Waals surface area contributed by atoms with Gasteiger partial charge in [-0.1, -0.05) is 62.2 Å². The Bertz CT molecular complexity index is 300. The van der Waals surface area contributed by atoms with Crippen LogP contribution in [0.3, 0.4) is 0 Å². The van der Waals surface area contributed by atoms with Crippen molar-refractivity contribution in [2.24, 2.45) is 0 Å². The molecular formula is C11H11IS2.